The number of aromatic hydroxyl groups is 1. The van der Waals surface area contributed by atoms with Crippen molar-refractivity contribution in [2.45, 2.75) is 57.8 Å². The quantitative estimate of drug-likeness (QED) is 0.379. The Bertz CT molecular complexity index is 1240. The van der Waals surface area contributed by atoms with Crippen molar-refractivity contribution in [2.24, 2.45) is 5.73 Å². The van der Waals surface area contributed by atoms with Crippen molar-refractivity contribution in [1.82, 2.24) is 10.2 Å². The first-order valence-corrected chi connectivity index (χ1v) is 12.6. The second-order valence-corrected chi connectivity index (χ2v) is 9.91. The van der Waals surface area contributed by atoms with E-state index in [-0.39, 0.29) is 24.1 Å². The number of aliphatic hydroxyl groups is 1. The minimum absolute atomic E-state index is 0.0891. The molecule has 2 amide bonds. The SMILES string of the molecule is Cc1cc(O)cc(C)c1CC(N)C(=O)N1Cc2ccccc2C[C@H]1C(=O)NC[C@@H](O)Cc1ccccc1. The molecule has 0 bridgehead atoms. The number of phenols is 1. The number of benzene rings is 3. The zero-order valence-electron chi connectivity index (χ0n) is 21.4. The highest BCUT2D eigenvalue weighted by molar-refractivity contribution is 5.90. The number of aliphatic hydroxyl groups excluding tert-OH is 1. The number of fused-ring (bicyclic) bond motifs is 1. The Morgan fingerprint density at radius 1 is 1.00 bits per heavy atom. The molecule has 0 aliphatic carbocycles. The molecule has 3 aromatic carbocycles. The number of phenolic OH excluding ortho intramolecular Hbond substituents is 1. The maximum Gasteiger partial charge on any atom is 0.243 e. The fraction of sp³-hybridized carbons (Fsp3) is 0.333. The summed E-state index contributed by atoms with van der Waals surface area (Å²) < 4.78 is 0. The summed E-state index contributed by atoms with van der Waals surface area (Å²) in [6.07, 6.45) is 0.369. The van der Waals surface area contributed by atoms with E-state index < -0.39 is 18.2 Å². The lowest BCUT2D eigenvalue weighted by atomic mass is 9.91. The van der Waals surface area contributed by atoms with Gasteiger partial charge in [-0.1, -0.05) is 54.6 Å². The number of amides is 2. The van der Waals surface area contributed by atoms with Gasteiger partial charge >= 0.3 is 0 Å². The Balaban J connectivity index is 1.48. The second-order valence-electron chi connectivity index (χ2n) is 9.91. The van der Waals surface area contributed by atoms with Crippen LogP contribution in [0.2, 0.25) is 0 Å². The summed E-state index contributed by atoms with van der Waals surface area (Å²) in [5.74, 6) is -0.428. The Morgan fingerprint density at radius 2 is 1.62 bits per heavy atom. The summed E-state index contributed by atoms with van der Waals surface area (Å²) in [6, 6.07) is 19.2. The van der Waals surface area contributed by atoms with Gasteiger partial charge < -0.3 is 26.2 Å². The number of nitrogens with one attached hydrogen (secondary N) is 1. The molecule has 1 aliphatic heterocycles. The van der Waals surface area contributed by atoms with E-state index in [1.54, 1.807) is 17.0 Å². The molecule has 0 saturated carbocycles. The summed E-state index contributed by atoms with van der Waals surface area (Å²) in [5.41, 5.74) is 12.1. The zero-order chi connectivity index (χ0) is 26.5. The first-order chi connectivity index (χ1) is 17.7. The third kappa shape index (κ3) is 6.37. The molecule has 0 spiro atoms. The number of nitrogens with two attached hydrogens (primary N) is 1. The van der Waals surface area contributed by atoms with Crippen molar-refractivity contribution in [3.63, 3.8) is 0 Å². The fourth-order valence-corrected chi connectivity index (χ4v) is 5.10. The normalized spacial score (nSPS) is 16.5. The highest BCUT2D eigenvalue weighted by Gasteiger charge is 2.36. The highest BCUT2D eigenvalue weighted by Crippen LogP contribution is 2.26. The summed E-state index contributed by atoms with van der Waals surface area (Å²) in [5, 5.41) is 23.2. The van der Waals surface area contributed by atoms with Crippen molar-refractivity contribution in [2.75, 3.05) is 6.54 Å². The van der Waals surface area contributed by atoms with Crippen LogP contribution in [0.15, 0.2) is 66.7 Å². The minimum atomic E-state index is -0.842. The van der Waals surface area contributed by atoms with Crippen molar-refractivity contribution in [3.8, 4) is 5.75 Å². The maximum atomic E-state index is 13.6. The lowest BCUT2D eigenvalue weighted by Crippen LogP contribution is -2.57. The van der Waals surface area contributed by atoms with Gasteiger partial charge in [-0.05, 0) is 65.8 Å². The lowest BCUT2D eigenvalue weighted by molar-refractivity contribution is -0.143. The highest BCUT2D eigenvalue weighted by atomic mass is 16.3. The first-order valence-electron chi connectivity index (χ1n) is 12.6. The van der Waals surface area contributed by atoms with Crippen LogP contribution in [0.25, 0.3) is 0 Å². The largest absolute Gasteiger partial charge is 0.508 e. The average Bonchev–Trinajstić information content (AvgIpc) is 2.88. The summed E-state index contributed by atoms with van der Waals surface area (Å²) in [6.45, 7) is 4.15. The average molecular weight is 502 g/mol. The lowest BCUT2D eigenvalue weighted by Gasteiger charge is -2.37. The van der Waals surface area contributed by atoms with Crippen molar-refractivity contribution >= 4 is 11.8 Å². The number of carbonyl (C=O) groups is 2. The Kier molecular flexibility index (Phi) is 8.26. The van der Waals surface area contributed by atoms with E-state index in [1.165, 1.54) is 0 Å². The monoisotopic (exact) mass is 501 g/mol. The molecule has 0 radical (unpaired) electrons. The third-order valence-corrected chi connectivity index (χ3v) is 7.08. The standard InChI is InChI=1S/C30H35N3O4/c1-19-12-24(34)13-20(2)26(19)16-27(31)30(37)33-18-23-11-7-6-10-22(23)15-28(33)29(36)32-17-25(35)14-21-8-4-3-5-9-21/h3-13,25,27-28,34-35H,14-18,31H2,1-2H3,(H,32,36)/t25-,27?,28-/m0/s1. The van der Waals surface area contributed by atoms with Gasteiger partial charge in [0.1, 0.15) is 11.8 Å². The van der Waals surface area contributed by atoms with E-state index in [0.29, 0.717) is 25.8 Å². The molecular formula is C30H35N3O4. The Morgan fingerprint density at radius 3 is 2.30 bits per heavy atom. The number of hydrogen-bond donors (Lipinski definition) is 4. The van der Waals surface area contributed by atoms with E-state index in [2.05, 4.69) is 5.32 Å². The summed E-state index contributed by atoms with van der Waals surface area (Å²) in [4.78, 5) is 28.5. The molecule has 7 nitrogen and oxygen atoms in total. The van der Waals surface area contributed by atoms with E-state index in [9.17, 15) is 19.8 Å². The third-order valence-electron chi connectivity index (χ3n) is 7.08. The predicted molar refractivity (Wildman–Crippen MR) is 143 cm³/mol. The van der Waals surface area contributed by atoms with Crippen LogP contribution in [0.4, 0.5) is 0 Å². The van der Waals surface area contributed by atoms with Crippen LogP contribution in [-0.4, -0.2) is 51.7 Å². The molecule has 0 aromatic heterocycles. The van der Waals surface area contributed by atoms with Crippen LogP contribution in [0.1, 0.15) is 33.4 Å². The van der Waals surface area contributed by atoms with Gasteiger partial charge in [-0.15, -0.1) is 0 Å². The van der Waals surface area contributed by atoms with Crippen molar-refractivity contribution < 1.29 is 19.8 Å². The first kappa shape index (κ1) is 26.4. The molecule has 1 heterocycles. The van der Waals surface area contributed by atoms with Crippen LogP contribution in [0.3, 0.4) is 0 Å². The predicted octanol–water partition coefficient (Wildman–Crippen LogP) is 2.55. The second kappa shape index (κ2) is 11.6. The zero-order valence-corrected chi connectivity index (χ0v) is 21.4. The molecule has 0 saturated heterocycles. The van der Waals surface area contributed by atoms with Crippen LogP contribution in [0.5, 0.6) is 5.75 Å². The van der Waals surface area contributed by atoms with Gasteiger partial charge in [-0.2, -0.15) is 0 Å². The molecule has 1 unspecified atom stereocenters. The summed E-state index contributed by atoms with van der Waals surface area (Å²) >= 11 is 0. The van der Waals surface area contributed by atoms with Crippen LogP contribution in [0, 0.1) is 13.8 Å². The van der Waals surface area contributed by atoms with Gasteiger partial charge in [0.2, 0.25) is 11.8 Å². The van der Waals surface area contributed by atoms with E-state index in [0.717, 1.165) is 33.4 Å². The maximum absolute atomic E-state index is 13.6. The van der Waals surface area contributed by atoms with Crippen LogP contribution in [-0.2, 0) is 35.4 Å². The number of rotatable bonds is 8. The van der Waals surface area contributed by atoms with E-state index >= 15 is 0 Å². The Labute approximate surface area is 217 Å². The molecular weight excluding hydrogens is 466 g/mol. The van der Waals surface area contributed by atoms with Gasteiger partial charge in [0.15, 0.2) is 0 Å². The molecule has 4 rings (SSSR count). The molecule has 7 heteroatoms. The molecule has 3 atom stereocenters. The molecule has 0 fully saturated rings. The fourth-order valence-electron chi connectivity index (χ4n) is 5.10. The summed E-state index contributed by atoms with van der Waals surface area (Å²) in [7, 11) is 0. The topological polar surface area (TPSA) is 116 Å². The van der Waals surface area contributed by atoms with Gasteiger partial charge in [-0.3, -0.25) is 9.59 Å². The van der Waals surface area contributed by atoms with Gasteiger partial charge in [0, 0.05) is 25.9 Å². The van der Waals surface area contributed by atoms with Crippen LogP contribution < -0.4 is 11.1 Å². The van der Waals surface area contributed by atoms with E-state index in [1.807, 2.05) is 68.4 Å². The number of carbonyl (C=O) groups excluding carboxylic acids is 2. The number of nitrogens with zero attached hydrogens (tertiary/aromatic N) is 1. The molecule has 3 aromatic rings. The van der Waals surface area contributed by atoms with E-state index in [4.69, 9.17) is 5.73 Å². The smallest absolute Gasteiger partial charge is 0.243 e. The minimum Gasteiger partial charge on any atom is -0.508 e. The van der Waals surface area contributed by atoms with Gasteiger partial charge in [0.25, 0.3) is 0 Å². The molecule has 5 N–H and O–H groups in total. The van der Waals surface area contributed by atoms with Gasteiger partial charge in [-0.25, -0.2) is 0 Å². The number of aryl methyl sites for hydroxylation is 2. The molecule has 1 aliphatic rings. The van der Waals surface area contributed by atoms with Crippen LogP contribution >= 0.6 is 0 Å². The van der Waals surface area contributed by atoms with Gasteiger partial charge in [0.05, 0.1) is 12.1 Å². The molecule has 194 valence electrons. The number of hydrogen-bond acceptors (Lipinski definition) is 5. The Hall–Kier alpha value is -3.68. The molecule has 37 heavy (non-hydrogen) atoms. The van der Waals surface area contributed by atoms with Crippen molar-refractivity contribution in [3.05, 3.63) is 100 Å². The van der Waals surface area contributed by atoms with Crippen molar-refractivity contribution in [1.29, 1.82) is 0 Å².